The van der Waals surface area contributed by atoms with Gasteiger partial charge >= 0.3 is 5.69 Å². The van der Waals surface area contributed by atoms with E-state index in [0.29, 0.717) is 35.9 Å². The molecular formula is C22H24N6O4. The van der Waals surface area contributed by atoms with Crippen molar-refractivity contribution in [2.24, 2.45) is 0 Å². The number of hydrogen-bond donors (Lipinski definition) is 4. The van der Waals surface area contributed by atoms with Crippen LogP contribution in [0.15, 0.2) is 47.4 Å². The van der Waals surface area contributed by atoms with Crippen LogP contribution in [0.2, 0.25) is 0 Å². The summed E-state index contributed by atoms with van der Waals surface area (Å²) in [6.07, 6.45) is 1.69. The Morgan fingerprint density at radius 2 is 2.00 bits per heavy atom. The number of rotatable bonds is 5. The van der Waals surface area contributed by atoms with Crippen molar-refractivity contribution in [3.63, 3.8) is 0 Å². The molecule has 10 heteroatoms. The van der Waals surface area contributed by atoms with Crippen LogP contribution in [0, 0.1) is 0 Å². The van der Waals surface area contributed by atoms with Crippen LogP contribution >= 0.6 is 0 Å². The number of aromatic amines is 1. The Balaban J connectivity index is 1.63. The average molecular weight is 436 g/mol. The number of para-hydroxylation sites is 2. The molecule has 0 saturated carbocycles. The molecule has 3 heterocycles. The molecule has 4 N–H and O–H groups in total. The summed E-state index contributed by atoms with van der Waals surface area (Å²) in [5.41, 5.74) is 0.941. The first-order valence-corrected chi connectivity index (χ1v) is 10.3. The third-order valence-electron chi connectivity index (χ3n) is 5.90. The summed E-state index contributed by atoms with van der Waals surface area (Å²) in [5, 5.41) is 17.6. The normalized spacial score (nSPS) is 21.0. The Morgan fingerprint density at radius 1 is 1.22 bits per heavy atom. The molecule has 0 spiro atoms. The van der Waals surface area contributed by atoms with Crippen LogP contribution in [0.4, 0.5) is 5.95 Å². The molecule has 10 nitrogen and oxygen atoms in total. The fourth-order valence-electron chi connectivity index (χ4n) is 4.42. The van der Waals surface area contributed by atoms with Gasteiger partial charge in [0.2, 0.25) is 5.95 Å². The lowest BCUT2D eigenvalue weighted by molar-refractivity contribution is 0.0500. The molecule has 0 aliphatic carbocycles. The Kier molecular flexibility index (Phi) is 4.95. The number of hydrogen-bond acceptors (Lipinski definition) is 8. The zero-order valence-corrected chi connectivity index (χ0v) is 17.8. The van der Waals surface area contributed by atoms with Crippen LogP contribution < -0.4 is 25.8 Å². The zero-order valence-electron chi connectivity index (χ0n) is 17.8. The number of imidazole rings is 1. The number of benzene rings is 2. The SMILES string of the molecule is COc1cc2cnc(NC3(n4c(=O)[nH]c5ccccc54)CCNC(O)C3)nc2cc1OC. The van der Waals surface area contributed by atoms with E-state index in [0.717, 1.165) is 16.4 Å². The van der Waals surface area contributed by atoms with Gasteiger partial charge in [0.05, 0.1) is 30.8 Å². The molecule has 1 fully saturated rings. The maximum absolute atomic E-state index is 13.0. The van der Waals surface area contributed by atoms with E-state index in [-0.39, 0.29) is 12.1 Å². The fourth-order valence-corrected chi connectivity index (χ4v) is 4.42. The van der Waals surface area contributed by atoms with E-state index in [2.05, 4.69) is 25.6 Å². The second kappa shape index (κ2) is 7.81. The van der Waals surface area contributed by atoms with E-state index in [4.69, 9.17) is 9.47 Å². The first kappa shape index (κ1) is 20.3. The lowest BCUT2D eigenvalue weighted by atomic mass is 9.96. The second-order valence-corrected chi connectivity index (χ2v) is 7.82. The number of aliphatic hydroxyl groups is 1. The molecular weight excluding hydrogens is 412 g/mol. The summed E-state index contributed by atoms with van der Waals surface area (Å²) in [5.74, 6) is 1.49. The first-order chi connectivity index (χ1) is 15.5. The summed E-state index contributed by atoms with van der Waals surface area (Å²) in [6.45, 7) is 0.513. The Hall–Kier alpha value is -3.63. The van der Waals surface area contributed by atoms with Crippen molar-refractivity contribution in [3.8, 4) is 11.5 Å². The zero-order chi connectivity index (χ0) is 22.3. The number of aromatic nitrogens is 4. The molecule has 2 aromatic heterocycles. The smallest absolute Gasteiger partial charge is 0.328 e. The van der Waals surface area contributed by atoms with Gasteiger partial charge in [-0.05, 0) is 18.2 Å². The van der Waals surface area contributed by atoms with Crippen LogP contribution in [0.5, 0.6) is 11.5 Å². The number of anilines is 1. The highest BCUT2D eigenvalue weighted by Gasteiger charge is 2.40. The van der Waals surface area contributed by atoms with Gasteiger partial charge in [0, 0.05) is 37.0 Å². The van der Waals surface area contributed by atoms with Gasteiger partial charge in [-0.25, -0.2) is 14.8 Å². The molecule has 166 valence electrons. The largest absolute Gasteiger partial charge is 0.493 e. The molecule has 32 heavy (non-hydrogen) atoms. The average Bonchev–Trinajstić information content (AvgIpc) is 3.14. The molecule has 0 radical (unpaired) electrons. The number of nitrogens with one attached hydrogen (secondary N) is 3. The summed E-state index contributed by atoms with van der Waals surface area (Å²) in [4.78, 5) is 25.0. The predicted octanol–water partition coefficient (Wildman–Crippen LogP) is 1.76. The molecule has 2 atom stereocenters. The summed E-state index contributed by atoms with van der Waals surface area (Å²) < 4.78 is 12.4. The molecule has 1 aliphatic heterocycles. The third kappa shape index (κ3) is 3.33. The molecule has 2 aromatic carbocycles. The molecule has 1 aliphatic rings. The maximum Gasteiger partial charge on any atom is 0.328 e. The summed E-state index contributed by atoms with van der Waals surface area (Å²) in [7, 11) is 3.14. The number of H-pyrrole nitrogens is 1. The second-order valence-electron chi connectivity index (χ2n) is 7.82. The number of piperidine rings is 1. The highest BCUT2D eigenvalue weighted by molar-refractivity contribution is 5.83. The van der Waals surface area contributed by atoms with Crippen molar-refractivity contribution in [2.45, 2.75) is 24.7 Å². The van der Waals surface area contributed by atoms with Gasteiger partial charge in [0.1, 0.15) is 11.9 Å². The Labute approximate surface area is 183 Å². The standard InChI is InChI=1S/C22H24N6O4/c1-31-17-9-13-12-24-20(25-15(13)10-18(17)32-2)27-22(7-8-23-19(29)11-22)28-16-6-4-3-5-14(16)26-21(28)30/h3-6,9-10,12,19,23,29H,7-8,11H2,1-2H3,(H,26,30)(H,24,25,27). The monoisotopic (exact) mass is 436 g/mol. The minimum atomic E-state index is -0.925. The highest BCUT2D eigenvalue weighted by atomic mass is 16.5. The number of nitrogens with zero attached hydrogens (tertiary/aromatic N) is 3. The molecule has 4 aromatic rings. The quantitative estimate of drug-likeness (QED) is 0.373. The van der Waals surface area contributed by atoms with Crippen LogP contribution in [0.25, 0.3) is 21.9 Å². The van der Waals surface area contributed by atoms with Crippen LogP contribution in [0.3, 0.4) is 0 Å². The highest BCUT2D eigenvalue weighted by Crippen LogP contribution is 2.34. The lowest BCUT2D eigenvalue weighted by Crippen LogP contribution is -2.56. The lowest BCUT2D eigenvalue weighted by Gasteiger charge is -2.41. The first-order valence-electron chi connectivity index (χ1n) is 10.3. The molecule has 5 rings (SSSR count). The van der Waals surface area contributed by atoms with Crippen LogP contribution in [-0.4, -0.2) is 51.6 Å². The number of aliphatic hydroxyl groups excluding tert-OH is 1. The molecule has 2 unspecified atom stereocenters. The van der Waals surface area contributed by atoms with E-state index < -0.39 is 11.9 Å². The van der Waals surface area contributed by atoms with E-state index in [9.17, 15) is 9.90 Å². The van der Waals surface area contributed by atoms with E-state index in [1.165, 1.54) is 0 Å². The molecule has 0 bridgehead atoms. The summed E-state index contributed by atoms with van der Waals surface area (Å²) >= 11 is 0. The van der Waals surface area contributed by atoms with Crippen molar-refractivity contribution in [1.29, 1.82) is 0 Å². The minimum Gasteiger partial charge on any atom is -0.493 e. The maximum atomic E-state index is 13.0. The van der Waals surface area contributed by atoms with Gasteiger partial charge in [-0.3, -0.25) is 9.88 Å². The van der Waals surface area contributed by atoms with Gasteiger partial charge in [-0.15, -0.1) is 0 Å². The number of fused-ring (bicyclic) bond motifs is 2. The molecule has 0 amide bonds. The van der Waals surface area contributed by atoms with Crippen molar-refractivity contribution >= 4 is 27.9 Å². The van der Waals surface area contributed by atoms with E-state index in [1.54, 1.807) is 31.0 Å². The van der Waals surface area contributed by atoms with Crippen LogP contribution in [-0.2, 0) is 5.66 Å². The fraction of sp³-hybridized carbons (Fsp3) is 0.318. The summed E-state index contributed by atoms with van der Waals surface area (Å²) in [6, 6.07) is 11.1. The van der Waals surface area contributed by atoms with Crippen molar-refractivity contribution in [2.75, 3.05) is 26.1 Å². The minimum absolute atomic E-state index is 0.252. The predicted molar refractivity (Wildman–Crippen MR) is 120 cm³/mol. The third-order valence-corrected chi connectivity index (χ3v) is 5.90. The van der Waals surface area contributed by atoms with Gasteiger partial charge in [0.25, 0.3) is 0 Å². The van der Waals surface area contributed by atoms with E-state index in [1.807, 2.05) is 30.3 Å². The van der Waals surface area contributed by atoms with Gasteiger partial charge in [-0.2, -0.15) is 0 Å². The number of ether oxygens (including phenoxy) is 2. The van der Waals surface area contributed by atoms with Gasteiger partial charge < -0.3 is 24.9 Å². The Morgan fingerprint density at radius 3 is 2.78 bits per heavy atom. The van der Waals surface area contributed by atoms with Crippen molar-refractivity contribution < 1.29 is 14.6 Å². The van der Waals surface area contributed by atoms with Gasteiger partial charge in [0.15, 0.2) is 11.5 Å². The number of methoxy groups -OCH3 is 2. The molecule has 1 saturated heterocycles. The van der Waals surface area contributed by atoms with Crippen molar-refractivity contribution in [3.05, 3.63) is 53.1 Å². The van der Waals surface area contributed by atoms with Crippen molar-refractivity contribution in [1.82, 2.24) is 24.8 Å². The van der Waals surface area contributed by atoms with E-state index >= 15 is 0 Å². The topological polar surface area (TPSA) is 126 Å². The van der Waals surface area contributed by atoms with Gasteiger partial charge in [-0.1, -0.05) is 12.1 Å². The van der Waals surface area contributed by atoms with Crippen LogP contribution in [0.1, 0.15) is 12.8 Å². The Bertz CT molecular complexity index is 1350.